The standard InChI is InChI=1S/C17H22N2O3/c1-21-11-10-19-12-15(22-2)16-13(6-5-7-14(16)19)17(20)18-8-3-4-9-18/h5-7,12H,3-4,8-11H2,1-2H3. The van der Waals surface area contributed by atoms with Crippen molar-refractivity contribution < 1.29 is 14.3 Å². The van der Waals surface area contributed by atoms with E-state index in [1.54, 1.807) is 14.2 Å². The summed E-state index contributed by atoms with van der Waals surface area (Å²) < 4.78 is 12.8. The van der Waals surface area contributed by atoms with Crippen LogP contribution in [0.5, 0.6) is 5.75 Å². The summed E-state index contributed by atoms with van der Waals surface area (Å²) in [5.41, 5.74) is 1.74. The smallest absolute Gasteiger partial charge is 0.254 e. The Bertz CT molecular complexity index is 672. The lowest BCUT2D eigenvalue weighted by molar-refractivity contribution is 0.0794. The van der Waals surface area contributed by atoms with Gasteiger partial charge in [0, 0.05) is 32.9 Å². The van der Waals surface area contributed by atoms with Crippen LogP contribution in [0.2, 0.25) is 0 Å². The largest absolute Gasteiger partial charge is 0.494 e. The summed E-state index contributed by atoms with van der Waals surface area (Å²) in [5.74, 6) is 0.847. The van der Waals surface area contributed by atoms with E-state index < -0.39 is 0 Å². The summed E-state index contributed by atoms with van der Waals surface area (Å²) in [4.78, 5) is 14.7. The molecule has 0 radical (unpaired) electrons. The van der Waals surface area contributed by atoms with Gasteiger partial charge in [0.15, 0.2) is 0 Å². The van der Waals surface area contributed by atoms with E-state index in [9.17, 15) is 4.79 Å². The predicted octanol–water partition coefficient (Wildman–Crippen LogP) is 2.53. The summed E-state index contributed by atoms with van der Waals surface area (Å²) in [6.45, 7) is 3.05. The Morgan fingerprint density at radius 2 is 2.00 bits per heavy atom. The molecular formula is C17H22N2O3. The van der Waals surface area contributed by atoms with E-state index in [4.69, 9.17) is 9.47 Å². The van der Waals surface area contributed by atoms with Crippen molar-refractivity contribution >= 4 is 16.8 Å². The van der Waals surface area contributed by atoms with Gasteiger partial charge < -0.3 is 18.9 Å². The minimum absolute atomic E-state index is 0.103. The first kappa shape index (κ1) is 14.9. The molecule has 0 bridgehead atoms. The number of rotatable bonds is 5. The molecule has 118 valence electrons. The van der Waals surface area contributed by atoms with Gasteiger partial charge in [0.2, 0.25) is 0 Å². The second-order valence-corrected chi connectivity index (χ2v) is 5.58. The number of aromatic nitrogens is 1. The lowest BCUT2D eigenvalue weighted by atomic mass is 10.1. The molecule has 1 amide bonds. The van der Waals surface area contributed by atoms with Gasteiger partial charge in [0.25, 0.3) is 5.91 Å². The van der Waals surface area contributed by atoms with Crippen LogP contribution in [-0.2, 0) is 11.3 Å². The van der Waals surface area contributed by atoms with Gasteiger partial charge in [-0.2, -0.15) is 0 Å². The molecule has 5 heteroatoms. The van der Waals surface area contributed by atoms with E-state index in [0.717, 1.165) is 54.7 Å². The molecule has 1 aliphatic rings. The Labute approximate surface area is 130 Å². The summed E-state index contributed by atoms with van der Waals surface area (Å²) in [7, 11) is 3.33. The minimum atomic E-state index is 0.103. The zero-order chi connectivity index (χ0) is 15.5. The van der Waals surface area contributed by atoms with Crippen molar-refractivity contribution in [2.45, 2.75) is 19.4 Å². The molecule has 0 N–H and O–H groups in total. The van der Waals surface area contributed by atoms with E-state index in [1.807, 2.05) is 29.3 Å². The molecule has 1 aromatic carbocycles. The maximum atomic E-state index is 12.8. The second kappa shape index (κ2) is 6.40. The van der Waals surface area contributed by atoms with Gasteiger partial charge in [-0.05, 0) is 25.0 Å². The van der Waals surface area contributed by atoms with Crippen molar-refractivity contribution in [3.05, 3.63) is 30.0 Å². The fraction of sp³-hybridized carbons (Fsp3) is 0.471. The molecule has 5 nitrogen and oxygen atoms in total. The Hall–Kier alpha value is -2.01. The van der Waals surface area contributed by atoms with Crippen LogP contribution in [0.15, 0.2) is 24.4 Å². The fourth-order valence-corrected chi connectivity index (χ4v) is 3.11. The van der Waals surface area contributed by atoms with E-state index in [1.165, 1.54) is 0 Å². The topological polar surface area (TPSA) is 43.7 Å². The van der Waals surface area contributed by atoms with Crippen LogP contribution in [0, 0.1) is 0 Å². The third-order valence-corrected chi connectivity index (χ3v) is 4.25. The van der Waals surface area contributed by atoms with Gasteiger partial charge in [-0.25, -0.2) is 0 Å². The summed E-state index contributed by atoms with van der Waals surface area (Å²) in [6, 6.07) is 5.86. The number of hydrogen-bond acceptors (Lipinski definition) is 3. The molecule has 0 spiro atoms. The summed E-state index contributed by atoms with van der Waals surface area (Å²) in [6.07, 6.45) is 4.13. The number of nitrogens with zero attached hydrogens (tertiary/aromatic N) is 2. The highest BCUT2D eigenvalue weighted by Crippen LogP contribution is 2.32. The first-order valence-corrected chi connectivity index (χ1v) is 7.70. The molecule has 3 rings (SSSR count). The van der Waals surface area contributed by atoms with E-state index in [0.29, 0.717) is 6.61 Å². The lowest BCUT2D eigenvalue weighted by Gasteiger charge is -2.16. The SMILES string of the molecule is COCCn1cc(OC)c2c(C(=O)N3CCCC3)cccc21. The van der Waals surface area contributed by atoms with Crippen LogP contribution in [-0.4, -0.2) is 49.3 Å². The van der Waals surface area contributed by atoms with Gasteiger partial charge in [0.1, 0.15) is 5.75 Å². The average molecular weight is 302 g/mol. The number of hydrogen-bond donors (Lipinski definition) is 0. The van der Waals surface area contributed by atoms with Crippen LogP contribution in [0.3, 0.4) is 0 Å². The molecule has 22 heavy (non-hydrogen) atoms. The zero-order valence-corrected chi connectivity index (χ0v) is 13.2. The molecule has 0 atom stereocenters. The van der Waals surface area contributed by atoms with Crippen molar-refractivity contribution in [1.29, 1.82) is 0 Å². The highest BCUT2D eigenvalue weighted by Gasteiger charge is 2.23. The number of carbonyl (C=O) groups excluding carboxylic acids is 1. The number of fused-ring (bicyclic) bond motifs is 1. The molecular weight excluding hydrogens is 280 g/mol. The maximum Gasteiger partial charge on any atom is 0.254 e. The Kier molecular flexibility index (Phi) is 4.34. The van der Waals surface area contributed by atoms with Crippen molar-refractivity contribution in [3.63, 3.8) is 0 Å². The maximum absolute atomic E-state index is 12.8. The zero-order valence-electron chi connectivity index (χ0n) is 13.2. The quantitative estimate of drug-likeness (QED) is 0.852. The Morgan fingerprint density at radius 3 is 2.68 bits per heavy atom. The van der Waals surface area contributed by atoms with E-state index in [-0.39, 0.29) is 5.91 Å². The summed E-state index contributed by atoms with van der Waals surface area (Å²) in [5, 5.41) is 0.901. The number of carbonyl (C=O) groups is 1. The Balaban J connectivity index is 2.06. The van der Waals surface area contributed by atoms with Gasteiger partial charge >= 0.3 is 0 Å². The fourth-order valence-electron chi connectivity index (χ4n) is 3.11. The number of ether oxygens (including phenoxy) is 2. The van der Waals surface area contributed by atoms with Crippen molar-refractivity contribution in [1.82, 2.24) is 9.47 Å². The average Bonchev–Trinajstić information content (AvgIpc) is 3.19. The summed E-state index contributed by atoms with van der Waals surface area (Å²) >= 11 is 0. The van der Waals surface area contributed by atoms with E-state index >= 15 is 0 Å². The minimum Gasteiger partial charge on any atom is -0.494 e. The molecule has 0 aliphatic carbocycles. The highest BCUT2D eigenvalue weighted by atomic mass is 16.5. The molecule has 2 heterocycles. The van der Waals surface area contributed by atoms with Gasteiger partial charge in [-0.15, -0.1) is 0 Å². The van der Waals surface area contributed by atoms with Crippen LogP contribution in [0.4, 0.5) is 0 Å². The molecule has 1 aromatic heterocycles. The first-order chi connectivity index (χ1) is 10.8. The number of benzene rings is 1. The predicted molar refractivity (Wildman–Crippen MR) is 85.5 cm³/mol. The number of amides is 1. The first-order valence-electron chi connectivity index (χ1n) is 7.70. The van der Waals surface area contributed by atoms with Gasteiger partial charge in [0.05, 0.1) is 30.2 Å². The lowest BCUT2D eigenvalue weighted by Crippen LogP contribution is -2.27. The molecule has 1 aliphatic heterocycles. The monoisotopic (exact) mass is 302 g/mol. The van der Waals surface area contributed by atoms with Gasteiger partial charge in [-0.1, -0.05) is 6.07 Å². The highest BCUT2D eigenvalue weighted by molar-refractivity contribution is 6.09. The second-order valence-electron chi connectivity index (χ2n) is 5.58. The number of likely N-dealkylation sites (tertiary alicyclic amines) is 1. The third kappa shape index (κ3) is 2.57. The van der Waals surface area contributed by atoms with Crippen molar-refractivity contribution in [2.24, 2.45) is 0 Å². The van der Waals surface area contributed by atoms with Crippen LogP contribution in [0.25, 0.3) is 10.9 Å². The molecule has 2 aromatic rings. The van der Waals surface area contributed by atoms with E-state index in [2.05, 4.69) is 4.57 Å². The Morgan fingerprint density at radius 1 is 1.23 bits per heavy atom. The van der Waals surface area contributed by atoms with Crippen molar-refractivity contribution in [3.8, 4) is 5.75 Å². The molecule has 0 saturated carbocycles. The molecule has 1 fully saturated rings. The van der Waals surface area contributed by atoms with Crippen molar-refractivity contribution in [2.75, 3.05) is 33.9 Å². The molecule has 1 saturated heterocycles. The van der Waals surface area contributed by atoms with Gasteiger partial charge in [-0.3, -0.25) is 4.79 Å². The van der Waals surface area contributed by atoms with Crippen LogP contribution >= 0.6 is 0 Å². The number of methoxy groups -OCH3 is 2. The molecule has 0 unspecified atom stereocenters. The third-order valence-electron chi connectivity index (χ3n) is 4.25. The van der Waals surface area contributed by atoms with Crippen LogP contribution < -0.4 is 4.74 Å². The van der Waals surface area contributed by atoms with Crippen LogP contribution in [0.1, 0.15) is 23.2 Å². The normalized spacial score (nSPS) is 14.7.